The number of halogens is 1. The molecule has 0 aromatic heterocycles. The largest absolute Gasteiger partial charge is 0.497 e. The monoisotopic (exact) mass is 481 g/mol. The van der Waals surface area contributed by atoms with Gasteiger partial charge in [0.05, 0.1) is 19.3 Å². The summed E-state index contributed by atoms with van der Waals surface area (Å²) < 4.78 is 24.6. The second-order valence-electron chi connectivity index (χ2n) is 9.67. The molecule has 8 heteroatoms. The fraction of sp³-hybridized carbons (Fsp3) is 0.481. The number of amides is 3. The van der Waals surface area contributed by atoms with Crippen LogP contribution in [0.2, 0.25) is 0 Å². The van der Waals surface area contributed by atoms with Crippen molar-refractivity contribution in [1.29, 1.82) is 0 Å². The van der Waals surface area contributed by atoms with E-state index in [1.54, 1.807) is 7.11 Å². The van der Waals surface area contributed by atoms with E-state index in [1.807, 2.05) is 34.1 Å². The molecule has 3 heterocycles. The summed E-state index contributed by atoms with van der Waals surface area (Å²) in [5.41, 5.74) is 2.24. The van der Waals surface area contributed by atoms with Crippen molar-refractivity contribution >= 4 is 11.9 Å². The highest BCUT2D eigenvalue weighted by Gasteiger charge is 2.38. The van der Waals surface area contributed by atoms with Crippen molar-refractivity contribution in [2.75, 3.05) is 39.9 Å². The molecule has 0 spiro atoms. The van der Waals surface area contributed by atoms with Gasteiger partial charge in [0.25, 0.3) is 0 Å². The summed E-state index contributed by atoms with van der Waals surface area (Å²) in [6, 6.07) is 14.7. The first-order chi connectivity index (χ1) is 17.0. The molecule has 3 fully saturated rings. The number of rotatable bonds is 4. The molecule has 3 atom stereocenters. The normalized spacial score (nSPS) is 23.9. The minimum Gasteiger partial charge on any atom is -0.497 e. The van der Waals surface area contributed by atoms with Crippen LogP contribution < -0.4 is 10.1 Å². The SMILES string of the molecule is COc1ccc([C@@H](c2ccc(F)cc2)C2CCN(C(=O)N3CC[C@@H]4OCC(=O)N[C@@H]4C3)CC2)cc1. The molecule has 186 valence electrons. The Kier molecular flexibility index (Phi) is 6.90. The lowest BCUT2D eigenvalue weighted by atomic mass is 9.76. The maximum atomic E-state index is 13.6. The predicted octanol–water partition coefficient (Wildman–Crippen LogP) is 3.39. The zero-order valence-corrected chi connectivity index (χ0v) is 20.0. The number of piperidine rings is 2. The van der Waals surface area contributed by atoms with Gasteiger partial charge in [-0.15, -0.1) is 0 Å². The second-order valence-corrected chi connectivity index (χ2v) is 9.67. The predicted molar refractivity (Wildman–Crippen MR) is 129 cm³/mol. The van der Waals surface area contributed by atoms with Crippen LogP contribution in [-0.2, 0) is 9.53 Å². The number of carbonyl (C=O) groups excluding carboxylic acids is 2. The molecule has 7 nitrogen and oxygen atoms in total. The summed E-state index contributed by atoms with van der Waals surface area (Å²) in [6.07, 6.45) is 2.44. The average molecular weight is 482 g/mol. The second kappa shape index (κ2) is 10.2. The molecular formula is C27H32FN3O4. The van der Waals surface area contributed by atoms with Gasteiger partial charge >= 0.3 is 6.03 Å². The summed E-state index contributed by atoms with van der Waals surface area (Å²) in [4.78, 5) is 28.8. The minimum atomic E-state index is -0.244. The molecule has 5 rings (SSSR count). The molecule has 3 amide bonds. The molecule has 0 saturated carbocycles. The highest BCUT2D eigenvalue weighted by Crippen LogP contribution is 2.39. The van der Waals surface area contributed by atoms with E-state index in [-0.39, 0.29) is 42.4 Å². The van der Waals surface area contributed by atoms with Crippen LogP contribution in [0.25, 0.3) is 0 Å². The lowest BCUT2D eigenvalue weighted by Gasteiger charge is -2.44. The Morgan fingerprint density at radius 1 is 1.00 bits per heavy atom. The van der Waals surface area contributed by atoms with Gasteiger partial charge in [-0.1, -0.05) is 24.3 Å². The number of benzene rings is 2. The number of fused-ring (bicyclic) bond motifs is 1. The van der Waals surface area contributed by atoms with Crippen molar-refractivity contribution in [3.05, 3.63) is 65.5 Å². The van der Waals surface area contributed by atoms with Crippen molar-refractivity contribution in [3.63, 3.8) is 0 Å². The van der Waals surface area contributed by atoms with Crippen LogP contribution in [0.5, 0.6) is 5.75 Å². The third-order valence-corrected chi connectivity index (χ3v) is 7.58. The Morgan fingerprint density at radius 3 is 2.29 bits per heavy atom. The van der Waals surface area contributed by atoms with E-state index in [9.17, 15) is 14.0 Å². The first-order valence-corrected chi connectivity index (χ1v) is 12.4. The molecule has 35 heavy (non-hydrogen) atoms. The van der Waals surface area contributed by atoms with Crippen molar-refractivity contribution in [1.82, 2.24) is 15.1 Å². The van der Waals surface area contributed by atoms with Crippen LogP contribution in [0.4, 0.5) is 9.18 Å². The Balaban J connectivity index is 1.26. The third kappa shape index (κ3) is 5.12. The van der Waals surface area contributed by atoms with Crippen molar-refractivity contribution < 1.29 is 23.5 Å². The van der Waals surface area contributed by atoms with Gasteiger partial charge in [0, 0.05) is 32.1 Å². The molecule has 1 N–H and O–H groups in total. The van der Waals surface area contributed by atoms with E-state index in [0.29, 0.717) is 32.1 Å². The summed E-state index contributed by atoms with van der Waals surface area (Å²) in [6.45, 7) is 2.57. The average Bonchev–Trinajstić information content (AvgIpc) is 2.90. The standard InChI is InChI=1S/C27H32FN3O4/c1-34-22-8-4-19(5-9-22)26(18-2-6-21(28)7-3-18)20-10-13-30(14-11-20)27(33)31-15-12-24-23(16-31)29-25(32)17-35-24/h2-9,20,23-24,26H,10-17H2,1H3,(H,29,32)/t23-,24+,26-/m1/s1. The highest BCUT2D eigenvalue weighted by atomic mass is 19.1. The molecule has 0 unspecified atom stereocenters. The van der Waals surface area contributed by atoms with E-state index in [0.717, 1.165) is 36.1 Å². The van der Waals surface area contributed by atoms with Gasteiger partial charge in [-0.3, -0.25) is 4.79 Å². The third-order valence-electron chi connectivity index (χ3n) is 7.58. The number of hydrogen-bond acceptors (Lipinski definition) is 4. The first kappa shape index (κ1) is 23.6. The summed E-state index contributed by atoms with van der Waals surface area (Å²) in [5.74, 6) is 0.881. The lowest BCUT2D eigenvalue weighted by molar-refractivity contribution is -0.139. The Bertz CT molecular complexity index is 1040. The van der Waals surface area contributed by atoms with E-state index < -0.39 is 0 Å². The Morgan fingerprint density at radius 2 is 1.63 bits per heavy atom. The van der Waals surface area contributed by atoms with Crippen molar-refractivity contribution in [2.24, 2.45) is 5.92 Å². The summed E-state index contributed by atoms with van der Waals surface area (Å²) >= 11 is 0. The first-order valence-electron chi connectivity index (χ1n) is 12.4. The molecular weight excluding hydrogens is 449 g/mol. The summed E-state index contributed by atoms with van der Waals surface area (Å²) in [5, 5.41) is 2.96. The maximum absolute atomic E-state index is 13.6. The zero-order chi connectivity index (χ0) is 24.4. The van der Waals surface area contributed by atoms with Gasteiger partial charge in [-0.25, -0.2) is 9.18 Å². The molecule has 0 radical (unpaired) electrons. The molecule has 2 aromatic carbocycles. The number of morpholine rings is 1. The quantitative estimate of drug-likeness (QED) is 0.727. The summed E-state index contributed by atoms with van der Waals surface area (Å²) in [7, 11) is 1.65. The smallest absolute Gasteiger partial charge is 0.320 e. The number of methoxy groups -OCH3 is 1. The van der Waals surface area contributed by atoms with Crippen LogP contribution in [0, 0.1) is 11.7 Å². The van der Waals surface area contributed by atoms with E-state index in [4.69, 9.17) is 9.47 Å². The van der Waals surface area contributed by atoms with E-state index >= 15 is 0 Å². The van der Waals surface area contributed by atoms with E-state index in [1.165, 1.54) is 12.1 Å². The molecule has 3 aliphatic heterocycles. The number of hydrogen-bond donors (Lipinski definition) is 1. The molecule has 0 bridgehead atoms. The number of nitrogens with one attached hydrogen (secondary N) is 1. The maximum Gasteiger partial charge on any atom is 0.320 e. The van der Waals surface area contributed by atoms with Crippen LogP contribution >= 0.6 is 0 Å². The molecule has 2 aromatic rings. The lowest BCUT2D eigenvalue weighted by Crippen LogP contribution is -2.62. The number of likely N-dealkylation sites (tertiary alicyclic amines) is 2. The van der Waals surface area contributed by atoms with Crippen LogP contribution in [-0.4, -0.2) is 73.8 Å². The van der Waals surface area contributed by atoms with Gasteiger partial charge in [0.15, 0.2) is 0 Å². The zero-order valence-electron chi connectivity index (χ0n) is 20.0. The van der Waals surface area contributed by atoms with Crippen LogP contribution in [0.15, 0.2) is 48.5 Å². The topological polar surface area (TPSA) is 71.1 Å². The van der Waals surface area contributed by atoms with Gasteiger partial charge in [0.2, 0.25) is 5.91 Å². The van der Waals surface area contributed by atoms with E-state index in [2.05, 4.69) is 17.4 Å². The number of ether oxygens (including phenoxy) is 2. The van der Waals surface area contributed by atoms with Crippen LogP contribution in [0.3, 0.4) is 0 Å². The fourth-order valence-electron chi connectivity index (χ4n) is 5.72. The molecule has 3 aliphatic rings. The molecule has 3 saturated heterocycles. The Hall–Kier alpha value is -3.13. The number of nitrogens with zero attached hydrogens (tertiary/aromatic N) is 2. The van der Waals surface area contributed by atoms with Gasteiger partial charge < -0.3 is 24.6 Å². The van der Waals surface area contributed by atoms with Crippen LogP contribution in [0.1, 0.15) is 36.3 Å². The highest BCUT2D eigenvalue weighted by molar-refractivity contribution is 5.79. The Labute approximate surface area is 205 Å². The van der Waals surface area contributed by atoms with Gasteiger partial charge in [-0.2, -0.15) is 0 Å². The van der Waals surface area contributed by atoms with Crippen molar-refractivity contribution in [2.45, 2.75) is 37.3 Å². The van der Waals surface area contributed by atoms with Crippen molar-refractivity contribution in [3.8, 4) is 5.75 Å². The minimum absolute atomic E-state index is 0.0107. The van der Waals surface area contributed by atoms with Gasteiger partial charge in [-0.05, 0) is 60.6 Å². The van der Waals surface area contributed by atoms with Gasteiger partial charge in [0.1, 0.15) is 18.2 Å². The number of urea groups is 1. The fourth-order valence-corrected chi connectivity index (χ4v) is 5.72. The number of carbonyl (C=O) groups is 2. The molecule has 0 aliphatic carbocycles.